The number of fused-ring (bicyclic) bond motifs is 1. The van der Waals surface area contributed by atoms with Gasteiger partial charge < -0.3 is 19.8 Å². The van der Waals surface area contributed by atoms with Crippen LogP contribution in [0.4, 0.5) is 8.78 Å². The van der Waals surface area contributed by atoms with E-state index >= 15 is 0 Å². The smallest absolute Gasteiger partial charge is 0.273 e. The van der Waals surface area contributed by atoms with Crippen LogP contribution in [-0.2, 0) is 0 Å². The molecule has 2 aromatic carbocycles. The topological polar surface area (TPSA) is 86.6 Å². The van der Waals surface area contributed by atoms with Gasteiger partial charge in [0.1, 0.15) is 17.2 Å². The molecule has 1 saturated carbocycles. The van der Waals surface area contributed by atoms with Gasteiger partial charge in [-0.1, -0.05) is 29.8 Å². The third-order valence-corrected chi connectivity index (χ3v) is 6.76. The molecule has 3 N–H and O–H groups in total. The lowest BCUT2D eigenvalue weighted by Crippen LogP contribution is -2.42. The Labute approximate surface area is 210 Å². The molecule has 1 atom stereocenters. The molecular weight excluding hydrogens is 488 g/mol. The predicted octanol–water partition coefficient (Wildman–Crippen LogP) is 5.35. The number of H-pyrrole nitrogens is 1. The van der Waals surface area contributed by atoms with E-state index in [0.29, 0.717) is 33.5 Å². The maximum absolute atomic E-state index is 14.0. The normalized spacial score (nSPS) is 14.7. The molecule has 0 saturated heterocycles. The van der Waals surface area contributed by atoms with Gasteiger partial charge in [0.15, 0.2) is 0 Å². The zero-order valence-electron chi connectivity index (χ0n) is 19.6. The van der Waals surface area contributed by atoms with Crippen LogP contribution in [0.25, 0.3) is 16.8 Å². The number of benzene rings is 2. The van der Waals surface area contributed by atoms with Crippen LogP contribution >= 0.6 is 11.6 Å². The molecule has 0 bridgehead atoms. The van der Waals surface area contributed by atoms with Crippen molar-refractivity contribution in [2.24, 2.45) is 0 Å². The summed E-state index contributed by atoms with van der Waals surface area (Å²) in [5.41, 5.74) is 0.892. The number of aliphatic hydroxyl groups is 1. The Kier molecular flexibility index (Phi) is 5.97. The van der Waals surface area contributed by atoms with Gasteiger partial charge in [-0.2, -0.15) is 0 Å². The Bertz CT molecular complexity index is 1530. The molecular formula is C27H24ClF2N3O3. The highest BCUT2D eigenvalue weighted by molar-refractivity contribution is 6.30. The summed E-state index contributed by atoms with van der Waals surface area (Å²) >= 11 is 5.79. The van der Waals surface area contributed by atoms with E-state index in [0.717, 1.165) is 12.8 Å². The highest BCUT2D eigenvalue weighted by atomic mass is 35.5. The van der Waals surface area contributed by atoms with Gasteiger partial charge in [0, 0.05) is 18.0 Å². The van der Waals surface area contributed by atoms with Crippen molar-refractivity contribution in [2.75, 3.05) is 0 Å². The van der Waals surface area contributed by atoms with Gasteiger partial charge in [0.25, 0.3) is 11.5 Å². The molecule has 4 aromatic rings. The average molecular weight is 512 g/mol. The lowest BCUT2D eigenvalue weighted by atomic mass is 9.91. The number of carbonyl (C=O) groups excluding carboxylic acids is 1. The fraction of sp³-hybridized carbons (Fsp3) is 0.259. The van der Waals surface area contributed by atoms with Crippen molar-refractivity contribution in [1.82, 2.24) is 14.7 Å². The maximum Gasteiger partial charge on any atom is 0.273 e. The number of carbonyl (C=O) groups is 1. The minimum Gasteiger partial charge on any atom is -0.388 e. The van der Waals surface area contributed by atoms with Crippen molar-refractivity contribution in [1.29, 1.82) is 0 Å². The third-order valence-electron chi connectivity index (χ3n) is 6.45. The molecule has 1 amide bonds. The largest absolute Gasteiger partial charge is 0.388 e. The van der Waals surface area contributed by atoms with Gasteiger partial charge >= 0.3 is 0 Å². The van der Waals surface area contributed by atoms with Crippen molar-refractivity contribution < 1.29 is 18.7 Å². The zero-order chi connectivity index (χ0) is 25.8. The molecule has 1 aliphatic carbocycles. The molecule has 0 radical (unpaired) electrons. The highest BCUT2D eigenvalue weighted by Gasteiger charge is 2.35. The van der Waals surface area contributed by atoms with E-state index in [1.807, 2.05) is 0 Å². The van der Waals surface area contributed by atoms with Gasteiger partial charge in [0.2, 0.25) is 0 Å². The van der Waals surface area contributed by atoms with Crippen molar-refractivity contribution in [2.45, 2.75) is 44.2 Å². The summed E-state index contributed by atoms with van der Waals surface area (Å²) in [6, 6.07) is 8.97. The van der Waals surface area contributed by atoms with Crippen LogP contribution in [0.3, 0.4) is 0 Å². The number of aromatic nitrogens is 2. The quantitative estimate of drug-likeness (QED) is 0.326. The SMILES string of the molecule is CC(C)(O)[C@@H](NC(=O)c1cn2cc(-c3ccc(Cl)c(F)c3)[nH]c(=O)c2c1C1CC1)c1ccc(F)cc1. The van der Waals surface area contributed by atoms with Gasteiger partial charge in [-0.25, -0.2) is 8.78 Å². The van der Waals surface area contributed by atoms with E-state index in [1.165, 1.54) is 36.4 Å². The van der Waals surface area contributed by atoms with E-state index < -0.39 is 34.7 Å². The standard InChI is InChI=1S/C27H24ClF2N3O3/c1-27(2,36)24(15-5-8-17(29)9-6-15)32-25(34)18-12-33-13-21(16-7-10-19(28)20(30)11-16)31-26(35)23(33)22(18)14-3-4-14/h5-14,24,36H,3-4H2,1-2H3,(H,31,35)(H,32,34)/t24-/m0/s1. The molecule has 1 aliphatic rings. The van der Waals surface area contributed by atoms with Crippen LogP contribution in [0.2, 0.25) is 5.02 Å². The fourth-order valence-electron chi connectivity index (χ4n) is 4.54. The number of nitrogens with zero attached hydrogens (tertiary/aromatic N) is 1. The number of nitrogens with one attached hydrogen (secondary N) is 2. The highest BCUT2D eigenvalue weighted by Crippen LogP contribution is 2.44. The Morgan fingerprint density at radius 3 is 2.47 bits per heavy atom. The summed E-state index contributed by atoms with van der Waals surface area (Å²) in [6.07, 6.45) is 4.90. The molecule has 2 aromatic heterocycles. The zero-order valence-corrected chi connectivity index (χ0v) is 20.4. The fourth-order valence-corrected chi connectivity index (χ4v) is 4.66. The summed E-state index contributed by atoms with van der Waals surface area (Å²) < 4.78 is 29.1. The maximum atomic E-state index is 14.0. The summed E-state index contributed by atoms with van der Waals surface area (Å²) in [5, 5.41) is 13.6. The number of hydrogen-bond acceptors (Lipinski definition) is 3. The Morgan fingerprint density at radius 1 is 1.17 bits per heavy atom. The molecule has 9 heteroatoms. The van der Waals surface area contributed by atoms with Crippen molar-refractivity contribution in [3.05, 3.63) is 98.6 Å². The predicted molar refractivity (Wildman–Crippen MR) is 133 cm³/mol. The number of halogens is 3. The summed E-state index contributed by atoms with van der Waals surface area (Å²) in [4.78, 5) is 29.5. The summed E-state index contributed by atoms with van der Waals surface area (Å²) in [6.45, 7) is 3.11. The van der Waals surface area contributed by atoms with Crippen LogP contribution < -0.4 is 10.9 Å². The monoisotopic (exact) mass is 511 g/mol. The van der Waals surface area contributed by atoms with Crippen LogP contribution in [0.5, 0.6) is 0 Å². The second-order valence-electron chi connectivity index (χ2n) is 9.72. The molecule has 1 fully saturated rings. The van der Waals surface area contributed by atoms with Crippen LogP contribution in [0.1, 0.15) is 60.1 Å². The first-order valence-electron chi connectivity index (χ1n) is 11.5. The van der Waals surface area contributed by atoms with Crippen molar-refractivity contribution >= 4 is 23.0 Å². The molecule has 0 unspecified atom stereocenters. The van der Waals surface area contributed by atoms with Gasteiger partial charge in [0.05, 0.1) is 27.9 Å². The first kappa shape index (κ1) is 24.2. The third kappa shape index (κ3) is 4.54. The minimum absolute atomic E-state index is 0.0272. The molecule has 0 aliphatic heterocycles. The number of rotatable bonds is 6. The second-order valence-corrected chi connectivity index (χ2v) is 10.1. The molecule has 5 rings (SSSR count). The lowest BCUT2D eigenvalue weighted by Gasteiger charge is -2.30. The molecule has 186 valence electrons. The second kappa shape index (κ2) is 8.87. The molecule has 2 heterocycles. The first-order chi connectivity index (χ1) is 17.0. The van der Waals surface area contributed by atoms with E-state index in [9.17, 15) is 23.5 Å². The van der Waals surface area contributed by atoms with E-state index in [2.05, 4.69) is 10.3 Å². The Morgan fingerprint density at radius 2 is 1.86 bits per heavy atom. The Hall–Kier alpha value is -3.49. The van der Waals surface area contributed by atoms with Crippen LogP contribution in [0.15, 0.2) is 59.7 Å². The molecule has 0 spiro atoms. The van der Waals surface area contributed by atoms with Crippen LogP contribution in [-0.4, -0.2) is 26.0 Å². The lowest BCUT2D eigenvalue weighted by molar-refractivity contribution is 0.0343. The molecule has 36 heavy (non-hydrogen) atoms. The minimum atomic E-state index is -1.35. The summed E-state index contributed by atoms with van der Waals surface area (Å²) in [5.74, 6) is -1.44. The number of hydrogen-bond donors (Lipinski definition) is 3. The van der Waals surface area contributed by atoms with Gasteiger partial charge in [-0.3, -0.25) is 9.59 Å². The van der Waals surface area contributed by atoms with Gasteiger partial charge in [-0.05, 0) is 68.0 Å². The van der Waals surface area contributed by atoms with Crippen LogP contribution in [0, 0.1) is 11.6 Å². The number of amides is 1. The average Bonchev–Trinajstić information content (AvgIpc) is 3.58. The summed E-state index contributed by atoms with van der Waals surface area (Å²) in [7, 11) is 0. The molecule has 6 nitrogen and oxygen atoms in total. The van der Waals surface area contributed by atoms with Crippen molar-refractivity contribution in [3.63, 3.8) is 0 Å². The van der Waals surface area contributed by atoms with E-state index in [4.69, 9.17) is 11.6 Å². The van der Waals surface area contributed by atoms with Crippen molar-refractivity contribution in [3.8, 4) is 11.3 Å². The number of aromatic amines is 1. The van der Waals surface area contributed by atoms with E-state index in [1.54, 1.807) is 36.7 Å². The van der Waals surface area contributed by atoms with Gasteiger partial charge in [-0.15, -0.1) is 0 Å². The van der Waals surface area contributed by atoms with E-state index in [-0.39, 0.29) is 10.9 Å². The first-order valence-corrected chi connectivity index (χ1v) is 11.9. The Balaban J connectivity index is 1.58.